The van der Waals surface area contributed by atoms with Crippen molar-refractivity contribution in [1.82, 2.24) is 9.13 Å². The summed E-state index contributed by atoms with van der Waals surface area (Å²) < 4.78 is 4.65. The van der Waals surface area contributed by atoms with E-state index in [0.29, 0.717) is 28.2 Å². The van der Waals surface area contributed by atoms with Crippen molar-refractivity contribution in [2.75, 3.05) is 0 Å². The van der Waals surface area contributed by atoms with E-state index >= 15 is 0 Å². The monoisotopic (exact) mass is 926 g/mol. The molecule has 8 heteroatoms. The third kappa shape index (κ3) is 7.36. The number of allylic oxidation sites excluding steroid dienone is 4. The van der Waals surface area contributed by atoms with E-state index in [2.05, 4.69) is 168 Å². The van der Waals surface area contributed by atoms with Crippen molar-refractivity contribution in [2.24, 2.45) is 9.98 Å². The Kier molecular flexibility index (Phi) is 11.1. The molecule has 0 amide bonds. The van der Waals surface area contributed by atoms with Crippen molar-refractivity contribution in [3.63, 3.8) is 0 Å². The van der Waals surface area contributed by atoms with Crippen LogP contribution in [0.4, 0.5) is 0 Å². The number of para-hydroxylation sites is 2. The number of hydrogen-bond donors (Lipinski definition) is 2. The second-order valence-electron chi connectivity index (χ2n) is 18.8. The number of aromatic hydroxyl groups is 2. The number of phenolic OH excluding ortho intramolecular Hbond substituents is 2. The minimum atomic E-state index is -0.440. The molecule has 2 aromatic heterocycles. The van der Waals surface area contributed by atoms with E-state index in [4.69, 9.17) is 25.7 Å². The Bertz CT molecular complexity index is 3980. The highest BCUT2D eigenvalue weighted by molar-refractivity contribution is 6.51. The molecule has 342 valence electrons. The van der Waals surface area contributed by atoms with Crippen molar-refractivity contribution >= 4 is 82.1 Å². The lowest BCUT2D eigenvalue weighted by Crippen LogP contribution is -2.29. The minimum Gasteiger partial charge on any atom is -0.505 e. The Hall–Kier alpha value is -8.61. The first-order valence-electron chi connectivity index (χ1n) is 24.5. The van der Waals surface area contributed by atoms with E-state index in [0.717, 1.165) is 104 Å². The lowest BCUT2D eigenvalue weighted by atomic mass is 9.74. The van der Waals surface area contributed by atoms with Gasteiger partial charge < -0.3 is 14.8 Å². The molecule has 2 N–H and O–H groups in total. The predicted octanol–water partition coefficient (Wildman–Crippen LogP) is 13.3. The molecule has 8 aromatic carbocycles. The number of hydrogen-bond acceptors (Lipinski definition) is 3. The molecule has 4 radical (unpaired) electrons. The summed E-state index contributed by atoms with van der Waals surface area (Å²) in [5.41, 5.74) is 15.8. The molecule has 0 saturated carbocycles. The van der Waals surface area contributed by atoms with E-state index < -0.39 is 5.75 Å². The smallest absolute Gasteiger partial charge is 0.165 e. The van der Waals surface area contributed by atoms with Gasteiger partial charge in [-0.1, -0.05) is 175 Å². The van der Waals surface area contributed by atoms with Crippen LogP contribution in [-0.2, 0) is 12.8 Å². The summed E-state index contributed by atoms with van der Waals surface area (Å²) in [6.45, 7) is 8.39. The highest BCUT2D eigenvalue weighted by Crippen LogP contribution is 2.49. The molecule has 12 rings (SSSR count). The van der Waals surface area contributed by atoms with Crippen LogP contribution in [0.2, 0.25) is 0 Å². The van der Waals surface area contributed by atoms with Crippen LogP contribution in [0.3, 0.4) is 0 Å². The van der Waals surface area contributed by atoms with Crippen molar-refractivity contribution in [1.29, 1.82) is 0 Å². The van der Waals surface area contributed by atoms with E-state index in [9.17, 15) is 10.2 Å². The molecule has 2 heterocycles. The molecule has 6 nitrogen and oxygen atoms in total. The molecule has 0 unspecified atom stereocenters. The molecule has 0 saturated heterocycles. The zero-order valence-corrected chi connectivity index (χ0v) is 40.2. The predicted molar refractivity (Wildman–Crippen MR) is 302 cm³/mol. The average Bonchev–Trinajstić information content (AvgIpc) is 3.95. The first-order chi connectivity index (χ1) is 35.2. The summed E-state index contributed by atoms with van der Waals surface area (Å²) in [4.78, 5) is 10.9. The second kappa shape index (κ2) is 18.0. The van der Waals surface area contributed by atoms with Crippen LogP contribution in [0.5, 0.6) is 11.5 Å². The summed E-state index contributed by atoms with van der Waals surface area (Å²) in [6.07, 6.45) is 10.2. The summed E-state index contributed by atoms with van der Waals surface area (Å²) in [5.74, 6) is 0.497. The van der Waals surface area contributed by atoms with Crippen LogP contribution < -0.4 is 10.9 Å². The van der Waals surface area contributed by atoms with Crippen LogP contribution in [0.15, 0.2) is 199 Å². The third-order valence-corrected chi connectivity index (χ3v) is 14.6. The maximum atomic E-state index is 11.9. The zero-order chi connectivity index (χ0) is 49.2. The molecule has 0 aliphatic heterocycles. The average molecular weight is 927 g/mol. The molecular formula is C64H48B2N4O2. The van der Waals surface area contributed by atoms with Crippen molar-refractivity contribution in [3.05, 3.63) is 222 Å². The van der Waals surface area contributed by atoms with Gasteiger partial charge in [0.25, 0.3) is 0 Å². The van der Waals surface area contributed by atoms with Gasteiger partial charge in [-0.3, -0.25) is 4.57 Å². The summed E-state index contributed by atoms with van der Waals surface area (Å²) in [7, 11) is 12.9. The van der Waals surface area contributed by atoms with Gasteiger partial charge in [0.05, 0.1) is 33.8 Å². The van der Waals surface area contributed by atoms with Gasteiger partial charge in [-0.15, -0.1) is 0 Å². The molecule has 10 aromatic rings. The van der Waals surface area contributed by atoms with Gasteiger partial charge in [0.2, 0.25) is 0 Å². The SMILES string of the molecule is [B]c1c([B])c(O)c(O)c(-c2ccc(C3=CCCC=C3)cc2-n2c3c(c4ccccc42)CCc2c-3n(C(C)=NC(=NC(=C)c3ccccc3)c3cccc(-c4cccc5ccccc45)c3)c3ccccc23)c1C. The van der Waals surface area contributed by atoms with Gasteiger partial charge in [-0.25, -0.2) is 9.98 Å². The highest BCUT2D eigenvalue weighted by atomic mass is 16.3. The van der Waals surface area contributed by atoms with Gasteiger partial charge in [0.1, 0.15) is 27.3 Å². The van der Waals surface area contributed by atoms with E-state index in [1.54, 1.807) is 0 Å². The number of amidine groups is 1. The molecule has 0 bridgehead atoms. The number of aryl methyl sites for hydroxylation is 2. The van der Waals surface area contributed by atoms with Crippen LogP contribution in [-0.4, -0.2) is 46.7 Å². The molecule has 72 heavy (non-hydrogen) atoms. The quantitative estimate of drug-likeness (QED) is 0.0723. The van der Waals surface area contributed by atoms with E-state index in [-0.39, 0.29) is 16.7 Å². The summed E-state index contributed by atoms with van der Waals surface area (Å²) in [5, 5.41) is 27.8. The van der Waals surface area contributed by atoms with E-state index in [1.165, 1.54) is 21.9 Å². The lowest BCUT2D eigenvalue weighted by Gasteiger charge is -2.24. The Morgan fingerprint density at radius 3 is 2.04 bits per heavy atom. The largest absolute Gasteiger partial charge is 0.505 e. The first kappa shape index (κ1) is 44.6. The normalized spacial score (nSPS) is 13.7. The summed E-state index contributed by atoms with van der Waals surface area (Å²) >= 11 is 0. The van der Waals surface area contributed by atoms with Crippen LogP contribution >= 0.6 is 0 Å². The Balaban J connectivity index is 1.13. The Labute approximate surface area is 421 Å². The van der Waals surface area contributed by atoms with Gasteiger partial charge >= 0.3 is 0 Å². The Morgan fingerprint density at radius 2 is 1.26 bits per heavy atom. The molecular weight excluding hydrogens is 878 g/mol. The highest BCUT2D eigenvalue weighted by Gasteiger charge is 2.33. The van der Waals surface area contributed by atoms with Gasteiger partial charge in [0.15, 0.2) is 11.6 Å². The maximum Gasteiger partial charge on any atom is 0.165 e. The number of benzene rings is 8. The van der Waals surface area contributed by atoms with Gasteiger partial charge in [-0.2, -0.15) is 0 Å². The zero-order valence-electron chi connectivity index (χ0n) is 40.2. The minimum absolute atomic E-state index is 0.0485. The number of rotatable bonds is 7. The summed E-state index contributed by atoms with van der Waals surface area (Å²) in [6, 6.07) is 56.9. The number of fused-ring (bicyclic) bond motifs is 8. The van der Waals surface area contributed by atoms with Gasteiger partial charge in [0, 0.05) is 27.5 Å². The fourth-order valence-electron chi connectivity index (χ4n) is 11.1. The number of aromatic nitrogens is 2. The second-order valence-corrected chi connectivity index (χ2v) is 18.8. The van der Waals surface area contributed by atoms with Crippen LogP contribution in [0, 0.1) is 6.92 Å². The number of nitrogens with zero attached hydrogens (tertiary/aromatic N) is 4. The molecule has 0 spiro atoms. The fraction of sp³-hybridized carbons (Fsp3) is 0.0938. The van der Waals surface area contributed by atoms with Gasteiger partial charge in [-0.05, 0) is 119 Å². The topological polar surface area (TPSA) is 75.0 Å². The molecule has 0 atom stereocenters. The van der Waals surface area contributed by atoms with E-state index in [1.807, 2.05) is 43.3 Å². The van der Waals surface area contributed by atoms with Crippen LogP contribution in [0.25, 0.3) is 83.2 Å². The lowest BCUT2D eigenvalue weighted by molar-refractivity contribution is 0.408. The fourth-order valence-corrected chi connectivity index (χ4v) is 11.1. The third-order valence-electron chi connectivity index (χ3n) is 14.6. The molecule has 0 fully saturated rings. The Morgan fingerprint density at radius 1 is 0.597 bits per heavy atom. The van der Waals surface area contributed by atoms with Crippen molar-refractivity contribution in [3.8, 4) is 50.8 Å². The number of aliphatic imine (C=N–C) groups is 2. The van der Waals surface area contributed by atoms with Crippen molar-refractivity contribution in [2.45, 2.75) is 39.5 Å². The molecule has 2 aliphatic rings. The van der Waals surface area contributed by atoms with Crippen molar-refractivity contribution < 1.29 is 10.2 Å². The standard InChI is InChI=1S/C64H48B2N4O2/c1-38-57(62(71)63(72)59(66)58(38)65)53-33-32-44(42-20-8-5-9-21-42)37-56(53)70-55-31-15-13-28-50(55)52-35-34-51-49-27-12-14-30-54(49)69(60(51)61(52)70)40(3)68-64(67-39(2)41-18-6-4-7-19-41)46-25-16-24-45(36-46)48-29-17-23-43-22-10-11-26-47(43)48/h4,6-8,10-33,36-37,71-72H,2,5,9,34-35H2,1,3H3. The van der Waals surface area contributed by atoms with Crippen LogP contribution in [0.1, 0.15) is 53.1 Å². The maximum absolute atomic E-state index is 11.9. The number of phenols is 2. The molecule has 2 aliphatic carbocycles. The first-order valence-corrected chi connectivity index (χ1v) is 24.5.